The average molecular weight is 430 g/mol. The summed E-state index contributed by atoms with van der Waals surface area (Å²) in [6.45, 7) is 5.69. The van der Waals surface area contributed by atoms with E-state index in [2.05, 4.69) is 32.5 Å². The molecule has 152 valence electrons. The summed E-state index contributed by atoms with van der Waals surface area (Å²) in [6.07, 6.45) is 1.64. The maximum absolute atomic E-state index is 12.8. The molecule has 1 atom stereocenters. The predicted octanol–water partition coefficient (Wildman–Crippen LogP) is 3.57. The molecule has 1 aliphatic rings. The lowest BCUT2D eigenvalue weighted by molar-refractivity contribution is -0.130. The smallest absolute Gasteiger partial charge is 0.235 e. The molecule has 2 aromatic heterocycles. The highest BCUT2D eigenvalue weighted by Crippen LogP contribution is 2.30. The molecule has 3 heterocycles. The first kappa shape index (κ1) is 19.8. The number of para-hydroxylation sites is 1. The van der Waals surface area contributed by atoms with Gasteiger partial charge in [-0.2, -0.15) is 0 Å². The molecule has 0 spiro atoms. The first-order chi connectivity index (χ1) is 14.2. The van der Waals surface area contributed by atoms with E-state index < -0.39 is 0 Å². The molecule has 1 N–H and O–H groups in total. The quantitative estimate of drug-likeness (QED) is 0.576. The van der Waals surface area contributed by atoms with Crippen LogP contribution >= 0.6 is 23.1 Å². The fraction of sp³-hybridized carbons (Fsp3) is 0.350. The standard InChI is InChI=1S/C20H23N5O2S2/c1-15(28-20-23-22-19(29-20)21-14-17-8-5-13-27-17)18(26)25-11-9-24(10-12-25)16-6-3-2-4-7-16/h2-8,13,15H,9-12,14H2,1H3,(H,21,22)/t15-/m1/s1. The van der Waals surface area contributed by atoms with Crippen LogP contribution in [-0.2, 0) is 11.3 Å². The number of carbonyl (C=O) groups excluding carboxylic acids is 1. The second-order valence-electron chi connectivity index (χ2n) is 6.71. The Hall–Kier alpha value is -2.52. The predicted molar refractivity (Wildman–Crippen MR) is 116 cm³/mol. The molecule has 0 bridgehead atoms. The van der Waals surface area contributed by atoms with Crippen LogP contribution in [-0.4, -0.2) is 52.4 Å². The average Bonchev–Trinajstić information content (AvgIpc) is 3.44. The molecule has 1 aliphatic heterocycles. The van der Waals surface area contributed by atoms with E-state index in [1.54, 1.807) is 6.26 Å². The number of anilines is 2. The van der Waals surface area contributed by atoms with Crippen molar-refractivity contribution >= 4 is 39.8 Å². The van der Waals surface area contributed by atoms with Crippen molar-refractivity contribution < 1.29 is 9.21 Å². The molecule has 1 saturated heterocycles. The normalized spacial score (nSPS) is 15.3. The van der Waals surface area contributed by atoms with Gasteiger partial charge in [0, 0.05) is 31.9 Å². The van der Waals surface area contributed by atoms with Crippen molar-refractivity contribution in [2.45, 2.75) is 23.1 Å². The Balaban J connectivity index is 1.25. The summed E-state index contributed by atoms with van der Waals surface area (Å²) in [6, 6.07) is 14.1. The topological polar surface area (TPSA) is 74.5 Å². The minimum absolute atomic E-state index is 0.156. The maximum atomic E-state index is 12.8. The fourth-order valence-corrected chi connectivity index (χ4v) is 5.16. The van der Waals surface area contributed by atoms with Crippen molar-refractivity contribution in [3.63, 3.8) is 0 Å². The summed E-state index contributed by atoms with van der Waals surface area (Å²) >= 11 is 2.92. The van der Waals surface area contributed by atoms with Crippen LogP contribution in [0.1, 0.15) is 12.7 Å². The van der Waals surface area contributed by atoms with Gasteiger partial charge in [0.2, 0.25) is 11.0 Å². The SMILES string of the molecule is C[C@@H](Sc1nnc(NCc2ccco2)s1)C(=O)N1CCN(c2ccccc2)CC1. The van der Waals surface area contributed by atoms with Crippen molar-refractivity contribution in [3.05, 3.63) is 54.5 Å². The van der Waals surface area contributed by atoms with E-state index in [0.29, 0.717) is 6.54 Å². The minimum Gasteiger partial charge on any atom is -0.467 e. The maximum Gasteiger partial charge on any atom is 0.235 e. The van der Waals surface area contributed by atoms with E-state index in [4.69, 9.17) is 4.42 Å². The molecule has 1 aromatic carbocycles. The van der Waals surface area contributed by atoms with Crippen molar-refractivity contribution in [2.75, 3.05) is 36.4 Å². The number of nitrogens with zero attached hydrogens (tertiary/aromatic N) is 4. The van der Waals surface area contributed by atoms with E-state index in [1.165, 1.54) is 28.8 Å². The number of hydrogen-bond acceptors (Lipinski definition) is 8. The van der Waals surface area contributed by atoms with E-state index in [-0.39, 0.29) is 11.2 Å². The Bertz CT molecular complexity index is 908. The number of amides is 1. The number of thioether (sulfide) groups is 1. The van der Waals surface area contributed by atoms with E-state index in [9.17, 15) is 4.79 Å². The van der Waals surface area contributed by atoms with Crippen LogP contribution in [0.3, 0.4) is 0 Å². The lowest BCUT2D eigenvalue weighted by Gasteiger charge is -2.37. The third-order valence-corrected chi connectivity index (χ3v) is 6.79. The lowest BCUT2D eigenvalue weighted by atomic mass is 10.2. The highest BCUT2D eigenvalue weighted by Gasteiger charge is 2.26. The van der Waals surface area contributed by atoms with Crippen LogP contribution in [0, 0.1) is 0 Å². The van der Waals surface area contributed by atoms with Crippen molar-refractivity contribution in [2.24, 2.45) is 0 Å². The van der Waals surface area contributed by atoms with Gasteiger partial charge < -0.3 is 19.5 Å². The van der Waals surface area contributed by atoms with Gasteiger partial charge in [-0.05, 0) is 31.2 Å². The van der Waals surface area contributed by atoms with Gasteiger partial charge in [-0.25, -0.2) is 0 Å². The number of nitrogens with one attached hydrogen (secondary N) is 1. The summed E-state index contributed by atoms with van der Waals surface area (Å²) in [4.78, 5) is 17.1. The van der Waals surface area contributed by atoms with Gasteiger partial charge in [-0.15, -0.1) is 10.2 Å². The van der Waals surface area contributed by atoms with E-state index >= 15 is 0 Å². The van der Waals surface area contributed by atoms with Gasteiger partial charge in [0.1, 0.15) is 5.76 Å². The molecule has 0 saturated carbocycles. The van der Waals surface area contributed by atoms with Crippen LogP contribution in [0.5, 0.6) is 0 Å². The Morgan fingerprint density at radius 1 is 1.17 bits per heavy atom. The number of piperazine rings is 1. The first-order valence-corrected chi connectivity index (χ1v) is 11.2. The summed E-state index contributed by atoms with van der Waals surface area (Å²) in [5.74, 6) is 0.996. The van der Waals surface area contributed by atoms with Crippen LogP contribution in [0.25, 0.3) is 0 Å². The summed E-state index contributed by atoms with van der Waals surface area (Å²) in [7, 11) is 0. The van der Waals surface area contributed by atoms with Crippen LogP contribution < -0.4 is 10.2 Å². The van der Waals surface area contributed by atoms with E-state index in [1.807, 2.05) is 42.2 Å². The number of aromatic nitrogens is 2. The molecule has 1 fully saturated rings. The van der Waals surface area contributed by atoms with Gasteiger partial charge in [0.25, 0.3) is 0 Å². The molecular weight excluding hydrogens is 406 g/mol. The number of rotatable bonds is 7. The zero-order valence-corrected chi connectivity index (χ0v) is 17.8. The molecule has 29 heavy (non-hydrogen) atoms. The van der Waals surface area contributed by atoms with Gasteiger partial charge in [0.05, 0.1) is 18.1 Å². The Labute approximate surface area is 178 Å². The highest BCUT2D eigenvalue weighted by atomic mass is 32.2. The van der Waals surface area contributed by atoms with E-state index in [0.717, 1.165) is 41.4 Å². The first-order valence-electron chi connectivity index (χ1n) is 9.54. The number of furan rings is 1. The zero-order chi connectivity index (χ0) is 20.1. The van der Waals surface area contributed by atoms with Crippen molar-refractivity contribution in [1.82, 2.24) is 15.1 Å². The Kier molecular flexibility index (Phi) is 6.36. The van der Waals surface area contributed by atoms with Gasteiger partial charge in [-0.1, -0.05) is 41.3 Å². The second kappa shape index (κ2) is 9.32. The van der Waals surface area contributed by atoms with Gasteiger partial charge in [-0.3, -0.25) is 4.79 Å². The third-order valence-electron chi connectivity index (χ3n) is 4.74. The van der Waals surface area contributed by atoms with Crippen LogP contribution in [0.15, 0.2) is 57.5 Å². The molecule has 3 aromatic rings. The lowest BCUT2D eigenvalue weighted by Crippen LogP contribution is -2.50. The number of benzene rings is 1. The molecule has 4 rings (SSSR count). The van der Waals surface area contributed by atoms with Gasteiger partial charge in [0.15, 0.2) is 4.34 Å². The highest BCUT2D eigenvalue weighted by molar-refractivity contribution is 8.02. The Morgan fingerprint density at radius 3 is 2.69 bits per heavy atom. The Morgan fingerprint density at radius 2 is 1.97 bits per heavy atom. The minimum atomic E-state index is -0.191. The molecule has 0 radical (unpaired) electrons. The summed E-state index contributed by atoms with van der Waals surface area (Å²) in [5, 5.41) is 12.1. The molecule has 0 aliphatic carbocycles. The fourth-order valence-electron chi connectivity index (χ4n) is 3.19. The molecule has 9 heteroatoms. The monoisotopic (exact) mass is 429 g/mol. The zero-order valence-electron chi connectivity index (χ0n) is 16.2. The molecule has 7 nitrogen and oxygen atoms in total. The third kappa shape index (κ3) is 5.10. The molecule has 0 unspecified atom stereocenters. The molecule has 1 amide bonds. The van der Waals surface area contributed by atoms with Crippen LogP contribution in [0.2, 0.25) is 0 Å². The van der Waals surface area contributed by atoms with Crippen molar-refractivity contribution in [3.8, 4) is 0 Å². The number of hydrogen-bond donors (Lipinski definition) is 1. The largest absolute Gasteiger partial charge is 0.467 e. The molecular formula is C20H23N5O2S2. The summed E-state index contributed by atoms with van der Waals surface area (Å²) in [5.41, 5.74) is 1.21. The summed E-state index contributed by atoms with van der Waals surface area (Å²) < 4.78 is 6.08. The van der Waals surface area contributed by atoms with Crippen molar-refractivity contribution in [1.29, 1.82) is 0 Å². The number of carbonyl (C=O) groups is 1. The van der Waals surface area contributed by atoms with Crippen LogP contribution in [0.4, 0.5) is 10.8 Å². The second-order valence-corrected chi connectivity index (χ2v) is 9.28. The van der Waals surface area contributed by atoms with Gasteiger partial charge >= 0.3 is 0 Å².